The molecule has 24 heavy (non-hydrogen) atoms. The van der Waals surface area contributed by atoms with Crippen molar-refractivity contribution >= 4 is 23.4 Å². The molecule has 0 radical (unpaired) electrons. The third kappa shape index (κ3) is 7.96. The molecule has 134 valence electrons. The zero-order chi connectivity index (χ0) is 17.8. The molecule has 0 amide bonds. The Balaban J connectivity index is 2.41. The molecule has 1 aliphatic rings. The first-order valence-corrected chi connectivity index (χ1v) is 9.44. The van der Waals surface area contributed by atoms with Gasteiger partial charge in [-0.05, 0) is 32.1 Å². The third-order valence-electron chi connectivity index (χ3n) is 4.19. The number of hydrogen-bond donors (Lipinski definition) is 1. The van der Waals surface area contributed by atoms with E-state index in [0.717, 1.165) is 31.3 Å². The number of rotatable bonds is 12. The molecule has 0 saturated heterocycles. The maximum atomic E-state index is 12.1. The van der Waals surface area contributed by atoms with Crippen LogP contribution in [0.2, 0.25) is 0 Å². The Bertz CT molecular complexity index is 503. The van der Waals surface area contributed by atoms with Crippen LogP contribution in [0.4, 0.5) is 0 Å². The van der Waals surface area contributed by atoms with Crippen molar-refractivity contribution in [3.8, 4) is 0 Å². The number of ketones is 1. The highest BCUT2D eigenvalue weighted by Crippen LogP contribution is 2.31. The predicted molar refractivity (Wildman–Crippen MR) is 99.1 cm³/mol. The summed E-state index contributed by atoms with van der Waals surface area (Å²) in [7, 11) is 0. The summed E-state index contributed by atoms with van der Waals surface area (Å²) in [6, 6.07) is 0. The molecule has 0 heterocycles. The van der Waals surface area contributed by atoms with Crippen LogP contribution in [0.15, 0.2) is 34.9 Å². The van der Waals surface area contributed by atoms with Crippen molar-refractivity contribution in [1.82, 2.24) is 0 Å². The number of unbranched alkanes of at least 4 members (excludes halogenated alkanes) is 7. The number of carbonyl (C=O) groups is 2. The Labute approximate surface area is 150 Å². The molecule has 1 aliphatic carbocycles. The lowest BCUT2D eigenvalue weighted by Gasteiger charge is -2.05. The second-order valence-electron chi connectivity index (χ2n) is 6.30. The van der Waals surface area contributed by atoms with Crippen LogP contribution >= 0.6 is 11.6 Å². The quantitative estimate of drug-likeness (QED) is 0.274. The van der Waals surface area contributed by atoms with Crippen molar-refractivity contribution in [3.05, 3.63) is 34.9 Å². The average molecular weight is 353 g/mol. The molecule has 0 aromatic rings. The summed E-state index contributed by atoms with van der Waals surface area (Å²) >= 11 is 6.00. The Hall–Kier alpha value is -1.35. The van der Waals surface area contributed by atoms with Crippen molar-refractivity contribution < 1.29 is 14.7 Å². The summed E-state index contributed by atoms with van der Waals surface area (Å²) in [5.74, 6) is -0.822. The van der Waals surface area contributed by atoms with Crippen LogP contribution in [0.1, 0.15) is 71.1 Å². The van der Waals surface area contributed by atoms with Gasteiger partial charge in [-0.1, -0.05) is 68.5 Å². The highest BCUT2D eigenvalue weighted by molar-refractivity contribution is 6.46. The minimum absolute atomic E-state index is 0.00445. The summed E-state index contributed by atoms with van der Waals surface area (Å²) in [5, 5.41) is 8.92. The summed E-state index contributed by atoms with van der Waals surface area (Å²) in [6.07, 6.45) is 17.5. The minimum Gasteiger partial charge on any atom is -0.481 e. The smallest absolute Gasteiger partial charge is 0.303 e. The summed E-state index contributed by atoms with van der Waals surface area (Å²) in [4.78, 5) is 22.6. The van der Waals surface area contributed by atoms with Crippen LogP contribution < -0.4 is 0 Å². The molecular weight excluding hydrogens is 324 g/mol. The highest BCUT2D eigenvalue weighted by Gasteiger charge is 2.26. The highest BCUT2D eigenvalue weighted by atomic mass is 35.5. The fraction of sp³-hybridized carbons (Fsp3) is 0.600. The van der Waals surface area contributed by atoms with E-state index in [1.165, 1.54) is 25.7 Å². The Morgan fingerprint density at radius 1 is 1.17 bits per heavy atom. The van der Waals surface area contributed by atoms with Gasteiger partial charge in [0.15, 0.2) is 0 Å². The molecule has 0 fully saturated rings. The second-order valence-corrected chi connectivity index (χ2v) is 6.71. The lowest BCUT2D eigenvalue weighted by atomic mass is 9.98. The van der Waals surface area contributed by atoms with Gasteiger partial charge in [-0.15, -0.1) is 0 Å². The Morgan fingerprint density at radius 2 is 1.88 bits per heavy atom. The van der Waals surface area contributed by atoms with Gasteiger partial charge in [0, 0.05) is 17.9 Å². The molecule has 0 unspecified atom stereocenters. The van der Waals surface area contributed by atoms with Crippen molar-refractivity contribution in [2.75, 3.05) is 0 Å². The van der Waals surface area contributed by atoms with E-state index < -0.39 is 5.97 Å². The molecule has 0 aromatic heterocycles. The molecule has 0 aliphatic heterocycles. The first kappa shape index (κ1) is 20.7. The standard InChI is InChI=1S/C20H29ClO3/c1-2-3-4-5-6-9-12-16-15-18(21)20(24)17(16)13-10-7-8-11-14-19(22)23/h9,12-13,15-16H,2-8,10-11,14H2,1H3,(H,22,23)/t16-/m1/s1. The SMILES string of the molecule is CCCCCCC=C[C@@H]1C=C(Cl)C(=O)C1=CCCCCCC(=O)O. The van der Waals surface area contributed by atoms with Gasteiger partial charge in [-0.2, -0.15) is 0 Å². The Kier molecular flexibility index (Phi) is 10.4. The van der Waals surface area contributed by atoms with Gasteiger partial charge in [0.2, 0.25) is 5.78 Å². The monoisotopic (exact) mass is 352 g/mol. The molecule has 1 atom stereocenters. The number of Topliss-reactive ketones (excluding diaryl/α,β-unsaturated/α-hetero) is 1. The topological polar surface area (TPSA) is 54.4 Å². The van der Waals surface area contributed by atoms with Crippen LogP contribution in [0, 0.1) is 5.92 Å². The van der Waals surface area contributed by atoms with E-state index >= 15 is 0 Å². The maximum Gasteiger partial charge on any atom is 0.303 e. The Morgan fingerprint density at radius 3 is 2.58 bits per heavy atom. The number of hydrogen-bond acceptors (Lipinski definition) is 2. The predicted octanol–water partition coefficient (Wildman–Crippen LogP) is 5.80. The molecular formula is C20H29ClO3. The summed E-state index contributed by atoms with van der Waals surface area (Å²) in [5.41, 5.74) is 0.767. The van der Waals surface area contributed by atoms with Crippen molar-refractivity contribution in [3.63, 3.8) is 0 Å². The average Bonchev–Trinajstić information content (AvgIpc) is 2.81. The fourth-order valence-corrected chi connectivity index (χ4v) is 3.03. The van der Waals surface area contributed by atoms with E-state index in [9.17, 15) is 9.59 Å². The number of carbonyl (C=O) groups excluding carboxylic acids is 1. The van der Waals surface area contributed by atoms with Crippen LogP contribution in [0.25, 0.3) is 0 Å². The molecule has 1 rings (SSSR count). The van der Waals surface area contributed by atoms with Gasteiger partial charge < -0.3 is 5.11 Å². The van der Waals surface area contributed by atoms with E-state index in [1.54, 1.807) is 0 Å². The second kappa shape index (κ2) is 12.1. The number of carboxylic acid groups (broad SMARTS) is 1. The van der Waals surface area contributed by atoms with Crippen LogP contribution in [-0.2, 0) is 9.59 Å². The van der Waals surface area contributed by atoms with E-state index in [2.05, 4.69) is 19.1 Å². The van der Waals surface area contributed by atoms with Gasteiger partial charge in [-0.25, -0.2) is 0 Å². The van der Waals surface area contributed by atoms with Crippen LogP contribution in [-0.4, -0.2) is 16.9 Å². The zero-order valence-electron chi connectivity index (χ0n) is 14.6. The first-order chi connectivity index (χ1) is 11.6. The van der Waals surface area contributed by atoms with Crippen molar-refractivity contribution in [2.45, 2.75) is 71.1 Å². The van der Waals surface area contributed by atoms with E-state index in [0.29, 0.717) is 11.5 Å². The molecule has 3 nitrogen and oxygen atoms in total. The third-order valence-corrected chi connectivity index (χ3v) is 4.49. The fourth-order valence-electron chi connectivity index (χ4n) is 2.79. The lowest BCUT2D eigenvalue weighted by Crippen LogP contribution is -2.01. The van der Waals surface area contributed by atoms with E-state index in [-0.39, 0.29) is 18.1 Å². The minimum atomic E-state index is -0.751. The van der Waals surface area contributed by atoms with Gasteiger partial charge in [0.1, 0.15) is 0 Å². The van der Waals surface area contributed by atoms with Gasteiger partial charge in [-0.3, -0.25) is 9.59 Å². The lowest BCUT2D eigenvalue weighted by molar-refractivity contribution is -0.137. The largest absolute Gasteiger partial charge is 0.481 e. The maximum absolute atomic E-state index is 12.1. The first-order valence-electron chi connectivity index (χ1n) is 9.06. The summed E-state index contributed by atoms with van der Waals surface area (Å²) < 4.78 is 0. The summed E-state index contributed by atoms with van der Waals surface area (Å²) in [6.45, 7) is 2.20. The van der Waals surface area contributed by atoms with Gasteiger partial charge in [0.25, 0.3) is 0 Å². The molecule has 0 saturated carbocycles. The zero-order valence-corrected chi connectivity index (χ0v) is 15.4. The number of halogens is 1. The number of aliphatic carboxylic acids is 1. The van der Waals surface area contributed by atoms with Crippen molar-refractivity contribution in [2.24, 2.45) is 5.92 Å². The normalized spacial score (nSPS) is 19.4. The molecule has 0 spiro atoms. The van der Waals surface area contributed by atoms with Crippen molar-refractivity contribution in [1.29, 1.82) is 0 Å². The van der Waals surface area contributed by atoms with E-state index in [1.807, 2.05) is 12.2 Å². The molecule has 4 heteroatoms. The molecule has 0 aromatic carbocycles. The van der Waals surface area contributed by atoms with E-state index in [4.69, 9.17) is 16.7 Å². The van der Waals surface area contributed by atoms with Gasteiger partial charge in [0.05, 0.1) is 5.03 Å². The molecule has 1 N–H and O–H groups in total. The number of allylic oxidation sites excluding steroid dienone is 6. The van der Waals surface area contributed by atoms with Crippen LogP contribution in [0.3, 0.4) is 0 Å². The van der Waals surface area contributed by atoms with Gasteiger partial charge >= 0.3 is 5.97 Å². The molecule has 0 bridgehead atoms. The van der Waals surface area contributed by atoms with Crippen LogP contribution in [0.5, 0.6) is 0 Å². The number of carboxylic acids is 1.